The zero-order valence-electron chi connectivity index (χ0n) is 8.47. The molecule has 2 aromatic rings. The number of halogens is 6. The molecule has 0 saturated carbocycles. The predicted octanol–water partition coefficient (Wildman–Crippen LogP) is 3.78. The molecular formula is C10H4ClF5N2. The van der Waals surface area contributed by atoms with Crippen LogP contribution in [0.3, 0.4) is 0 Å². The molecule has 0 aliphatic heterocycles. The van der Waals surface area contributed by atoms with E-state index in [1.54, 1.807) is 0 Å². The third kappa shape index (κ3) is 2.10. The molecule has 0 spiro atoms. The van der Waals surface area contributed by atoms with Crippen molar-refractivity contribution >= 4 is 22.5 Å². The molecule has 0 saturated heterocycles. The molecule has 1 aromatic carbocycles. The minimum absolute atomic E-state index is 0.0227. The topological polar surface area (TPSA) is 25.8 Å². The summed E-state index contributed by atoms with van der Waals surface area (Å²) in [6.45, 7) is 0. The zero-order valence-corrected chi connectivity index (χ0v) is 9.23. The Balaban J connectivity index is 2.67. The first-order chi connectivity index (χ1) is 8.32. The fourth-order valence-corrected chi connectivity index (χ4v) is 1.54. The first-order valence-corrected chi connectivity index (χ1v) is 4.99. The summed E-state index contributed by atoms with van der Waals surface area (Å²) in [5.41, 5.74) is -0.133. The summed E-state index contributed by atoms with van der Waals surface area (Å²) in [5.74, 6) is -6.56. The molecule has 18 heavy (non-hydrogen) atoms. The number of nitrogens with zero attached hydrogens (tertiary/aromatic N) is 2. The minimum Gasteiger partial charge on any atom is -0.227 e. The van der Waals surface area contributed by atoms with Gasteiger partial charge in [0.25, 0.3) is 0 Å². The van der Waals surface area contributed by atoms with Gasteiger partial charge in [0, 0.05) is 5.39 Å². The molecule has 0 bridgehead atoms. The van der Waals surface area contributed by atoms with E-state index in [2.05, 4.69) is 9.97 Å². The second kappa shape index (κ2) is 4.31. The van der Waals surface area contributed by atoms with Crippen molar-refractivity contribution in [2.75, 3.05) is 0 Å². The largest absolute Gasteiger partial charge is 0.365 e. The van der Waals surface area contributed by atoms with Gasteiger partial charge in [-0.2, -0.15) is 8.78 Å². The Morgan fingerprint density at radius 3 is 2.44 bits per heavy atom. The van der Waals surface area contributed by atoms with Crippen LogP contribution >= 0.6 is 11.6 Å². The number of rotatable bonds is 2. The van der Waals surface area contributed by atoms with Gasteiger partial charge in [0.15, 0.2) is 0 Å². The molecule has 0 amide bonds. The summed E-state index contributed by atoms with van der Waals surface area (Å²) >= 11 is 5.55. The number of benzene rings is 1. The fourth-order valence-electron chi connectivity index (χ4n) is 1.31. The molecule has 96 valence electrons. The molecular weight excluding hydrogens is 279 g/mol. The van der Waals surface area contributed by atoms with E-state index in [9.17, 15) is 22.0 Å². The van der Waals surface area contributed by atoms with Crippen molar-refractivity contribution in [3.8, 4) is 0 Å². The molecule has 0 fully saturated rings. The van der Waals surface area contributed by atoms with Gasteiger partial charge in [-0.25, -0.2) is 23.1 Å². The summed E-state index contributed by atoms with van der Waals surface area (Å²) in [5, 5.41) is -0.527. The molecule has 0 radical (unpaired) electrons. The lowest BCUT2D eigenvalue weighted by Gasteiger charge is -2.14. The molecule has 2 rings (SSSR count). The molecule has 0 aliphatic rings. The van der Waals surface area contributed by atoms with Gasteiger partial charge in [-0.3, -0.25) is 0 Å². The van der Waals surface area contributed by atoms with Gasteiger partial charge in [-0.1, -0.05) is 11.6 Å². The standard InChI is InChI=1S/C10H4ClF5N2/c11-7-5-3-4(12)1-2-6(5)17-9(18-7)10(15,16)8(13)14/h1-3,8H. The van der Waals surface area contributed by atoms with Crippen molar-refractivity contribution in [2.45, 2.75) is 12.3 Å². The van der Waals surface area contributed by atoms with Gasteiger partial charge in [-0.05, 0) is 18.2 Å². The lowest BCUT2D eigenvalue weighted by molar-refractivity contribution is -0.140. The van der Waals surface area contributed by atoms with E-state index < -0.39 is 29.1 Å². The lowest BCUT2D eigenvalue weighted by atomic mass is 10.2. The van der Waals surface area contributed by atoms with E-state index in [1.165, 1.54) is 0 Å². The third-order valence-electron chi connectivity index (χ3n) is 2.18. The smallest absolute Gasteiger partial charge is 0.227 e. The average Bonchev–Trinajstić information content (AvgIpc) is 2.29. The maximum atomic E-state index is 13.1. The van der Waals surface area contributed by atoms with Crippen molar-refractivity contribution < 1.29 is 22.0 Å². The summed E-state index contributed by atoms with van der Waals surface area (Å²) in [6.07, 6.45) is -3.95. The molecule has 0 N–H and O–H groups in total. The molecule has 0 aliphatic carbocycles. The van der Waals surface area contributed by atoms with E-state index in [1.807, 2.05) is 0 Å². The highest BCUT2D eigenvalue weighted by Crippen LogP contribution is 2.34. The van der Waals surface area contributed by atoms with Gasteiger partial charge in [0.1, 0.15) is 11.0 Å². The van der Waals surface area contributed by atoms with Crippen LogP contribution in [0.4, 0.5) is 22.0 Å². The molecule has 0 unspecified atom stereocenters. The predicted molar refractivity (Wildman–Crippen MR) is 54.4 cm³/mol. The van der Waals surface area contributed by atoms with Crippen molar-refractivity contribution in [3.63, 3.8) is 0 Å². The number of fused-ring (bicyclic) bond motifs is 1. The van der Waals surface area contributed by atoms with Crippen LogP contribution in [-0.2, 0) is 5.92 Å². The summed E-state index contributed by atoms with van der Waals surface area (Å²) in [7, 11) is 0. The van der Waals surface area contributed by atoms with Gasteiger partial charge in [0.05, 0.1) is 5.52 Å². The number of alkyl halides is 4. The van der Waals surface area contributed by atoms with Gasteiger partial charge in [-0.15, -0.1) is 0 Å². The number of hydrogen-bond donors (Lipinski definition) is 0. The van der Waals surface area contributed by atoms with E-state index in [-0.39, 0.29) is 10.9 Å². The Bertz CT molecular complexity index is 602. The van der Waals surface area contributed by atoms with Crippen LogP contribution in [0.15, 0.2) is 18.2 Å². The maximum Gasteiger partial charge on any atom is 0.365 e. The second-order valence-electron chi connectivity index (χ2n) is 3.42. The van der Waals surface area contributed by atoms with Crippen LogP contribution in [0, 0.1) is 5.82 Å². The first-order valence-electron chi connectivity index (χ1n) is 4.61. The third-order valence-corrected chi connectivity index (χ3v) is 2.47. The van der Waals surface area contributed by atoms with Crippen molar-refractivity contribution in [1.29, 1.82) is 0 Å². The van der Waals surface area contributed by atoms with Crippen LogP contribution in [0.5, 0.6) is 0 Å². The molecule has 1 heterocycles. The lowest BCUT2D eigenvalue weighted by Crippen LogP contribution is -2.26. The van der Waals surface area contributed by atoms with E-state index >= 15 is 0 Å². The Labute approximate surface area is 102 Å². The number of aromatic nitrogens is 2. The zero-order chi connectivity index (χ0) is 13.5. The first kappa shape index (κ1) is 12.9. The number of hydrogen-bond acceptors (Lipinski definition) is 2. The highest BCUT2D eigenvalue weighted by Gasteiger charge is 2.46. The highest BCUT2D eigenvalue weighted by atomic mass is 35.5. The molecule has 8 heteroatoms. The van der Waals surface area contributed by atoms with Crippen molar-refractivity contribution in [1.82, 2.24) is 9.97 Å². The van der Waals surface area contributed by atoms with Crippen LogP contribution < -0.4 is 0 Å². The molecule has 2 nitrogen and oxygen atoms in total. The van der Waals surface area contributed by atoms with Crippen LogP contribution in [0.2, 0.25) is 5.15 Å². The van der Waals surface area contributed by atoms with Crippen LogP contribution in [-0.4, -0.2) is 16.4 Å². The van der Waals surface area contributed by atoms with E-state index in [4.69, 9.17) is 11.6 Å². The average molecular weight is 283 g/mol. The Kier molecular flexibility index (Phi) is 3.10. The normalized spacial score (nSPS) is 12.4. The summed E-state index contributed by atoms with van der Waals surface area (Å²) in [6, 6.07) is 2.95. The molecule has 1 aromatic heterocycles. The van der Waals surface area contributed by atoms with Crippen molar-refractivity contribution in [3.05, 3.63) is 35.0 Å². The Morgan fingerprint density at radius 1 is 1.17 bits per heavy atom. The van der Waals surface area contributed by atoms with E-state index in [0.29, 0.717) is 0 Å². The maximum absolute atomic E-state index is 13.1. The second-order valence-corrected chi connectivity index (χ2v) is 3.78. The van der Waals surface area contributed by atoms with Crippen LogP contribution in [0.25, 0.3) is 10.9 Å². The van der Waals surface area contributed by atoms with Gasteiger partial charge in [0.2, 0.25) is 5.82 Å². The van der Waals surface area contributed by atoms with Crippen molar-refractivity contribution in [2.24, 2.45) is 0 Å². The summed E-state index contributed by atoms with van der Waals surface area (Å²) in [4.78, 5) is 6.37. The molecule has 0 atom stereocenters. The van der Waals surface area contributed by atoms with Gasteiger partial charge >= 0.3 is 12.3 Å². The van der Waals surface area contributed by atoms with E-state index in [0.717, 1.165) is 18.2 Å². The monoisotopic (exact) mass is 282 g/mol. The Hall–Kier alpha value is -1.50. The highest BCUT2D eigenvalue weighted by molar-refractivity contribution is 6.34. The Morgan fingerprint density at radius 2 is 1.83 bits per heavy atom. The summed E-state index contributed by atoms with van der Waals surface area (Å²) < 4.78 is 63.3. The SMILES string of the molecule is Fc1ccc2nc(C(F)(F)C(F)F)nc(Cl)c2c1. The quantitative estimate of drug-likeness (QED) is 0.619. The minimum atomic E-state index is -4.51. The fraction of sp³-hybridized carbons (Fsp3) is 0.200. The van der Waals surface area contributed by atoms with Crippen LogP contribution in [0.1, 0.15) is 5.82 Å². The van der Waals surface area contributed by atoms with Gasteiger partial charge < -0.3 is 0 Å².